The Balaban J connectivity index is 1.42. The maximum absolute atomic E-state index is 13.2. The average molecular weight is 553 g/mol. The molecular formula is C30H36N2O6S. The first-order valence-corrected chi connectivity index (χ1v) is 15.2. The lowest BCUT2D eigenvalue weighted by Crippen LogP contribution is -2.57. The zero-order valence-electron chi connectivity index (χ0n) is 22.8. The van der Waals surface area contributed by atoms with Crippen LogP contribution < -0.4 is 4.83 Å². The average Bonchev–Trinajstić information content (AvgIpc) is 3.49. The minimum Gasteiger partial charge on any atom is -0.458 e. The molecular weight excluding hydrogens is 516 g/mol. The number of hydrogen-bond acceptors (Lipinski definition) is 7. The summed E-state index contributed by atoms with van der Waals surface area (Å²) in [5.41, 5.74) is 2.20. The van der Waals surface area contributed by atoms with Crippen molar-refractivity contribution in [1.29, 1.82) is 0 Å². The SMILES string of the molecule is CC(=O)OC1C=C[C@@]2(C)C(=C/C(=N\NS(=O)(=O)c3ccc(C)cc3)C3C2CC[C@@]2(C)C3C=CC23OCCO3)C1. The number of aryl methyl sites for hydroxylation is 1. The van der Waals surface area contributed by atoms with Gasteiger partial charge in [-0.3, -0.25) is 4.79 Å². The van der Waals surface area contributed by atoms with Crippen molar-refractivity contribution in [1.82, 2.24) is 4.83 Å². The van der Waals surface area contributed by atoms with Crippen LogP contribution >= 0.6 is 0 Å². The third kappa shape index (κ3) is 4.12. The van der Waals surface area contributed by atoms with E-state index in [4.69, 9.17) is 14.2 Å². The Bertz CT molecular complexity index is 1410. The second kappa shape index (κ2) is 9.14. The highest BCUT2D eigenvalue weighted by molar-refractivity contribution is 7.89. The monoisotopic (exact) mass is 552 g/mol. The molecule has 1 aromatic carbocycles. The Morgan fingerprint density at radius 1 is 1.10 bits per heavy atom. The first-order chi connectivity index (χ1) is 18.5. The second-order valence-electron chi connectivity index (χ2n) is 11.9. The molecule has 6 rings (SSSR count). The molecule has 1 saturated heterocycles. The summed E-state index contributed by atoms with van der Waals surface area (Å²) in [7, 11) is -3.86. The second-order valence-corrected chi connectivity index (χ2v) is 13.6. The quantitative estimate of drug-likeness (QED) is 0.337. The molecule has 1 heterocycles. The summed E-state index contributed by atoms with van der Waals surface area (Å²) in [4.78, 5) is 14.4. The smallest absolute Gasteiger partial charge is 0.303 e. The van der Waals surface area contributed by atoms with Crippen molar-refractivity contribution in [3.63, 3.8) is 0 Å². The van der Waals surface area contributed by atoms with Crippen molar-refractivity contribution in [2.75, 3.05) is 13.2 Å². The maximum atomic E-state index is 13.2. The van der Waals surface area contributed by atoms with Crippen molar-refractivity contribution >= 4 is 21.7 Å². The topological polar surface area (TPSA) is 103 Å². The number of nitrogens with zero attached hydrogens (tertiary/aromatic N) is 1. The van der Waals surface area contributed by atoms with Crippen LogP contribution in [0.3, 0.4) is 0 Å². The molecule has 39 heavy (non-hydrogen) atoms. The lowest BCUT2D eigenvalue weighted by molar-refractivity contribution is -0.216. The predicted molar refractivity (Wildman–Crippen MR) is 146 cm³/mol. The molecule has 2 fully saturated rings. The molecule has 6 atom stereocenters. The van der Waals surface area contributed by atoms with Crippen LogP contribution in [0, 0.1) is 35.5 Å². The maximum Gasteiger partial charge on any atom is 0.303 e. The number of ether oxygens (including phenoxy) is 3. The Morgan fingerprint density at radius 2 is 1.82 bits per heavy atom. The van der Waals surface area contributed by atoms with Gasteiger partial charge in [0.1, 0.15) is 6.10 Å². The van der Waals surface area contributed by atoms with Gasteiger partial charge >= 0.3 is 5.97 Å². The van der Waals surface area contributed by atoms with Gasteiger partial charge in [-0.25, -0.2) is 0 Å². The number of nitrogens with one attached hydrogen (secondary N) is 1. The fourth-order valence-electron chi connectivity index (χ4n) is 7.58. The van der Waals surface area contributed by atoms with E-state index in [-0.39, 0.29) is 45.6 Å². The molecule has 208 valence electrons. The first-order valence-electron chi connectivity index (χ1n) is 13.7. The Morgan fingerprint density at radius 3 is 2.51 bits per heavy atom. The van der Waals surface area contributed by atoms with Crippen molar-refractivity contribution in [3.05, 3.63) is 65.8 Å². The number of benzene rings is 1. The van der Waals surface area contributed by atoms with Crippen LogP contribution in [-0.2, 0) is 29.0 Å². The summed E-state index contributed by atoms with van der Waals surface area (Å²) in [6, 6.07) is 6.71. The van der Waals surface area contributed by atoms with Gasteiger partial charge in [0.05, 0.1) is 23.8 Å². The summed E-state index contributed by atoms with van der Waals surface area (Å²) in [6.45, 7) is 8.90. The number of carbonyl (C=O) groups is 1. The molecule has 8 nitrogen and oxygen atoms in total. The van der Waals surface area contributed by atoms with Gasteiger partial charge in [-0.1, -0.05) is 49.3 Å². The Labute approximate surface area is 230 Å². The van der Waals surface area contributed by atoms with Crippen LogP contribution in [0.5, 0.6) is 0 Å². The van der Waals surface area contributed by atoms with Gasteiger partial charge in [-0.2, -0.15) is 18.4 Å². The highest BCUT2D eigenvalue weighted by Crippen LogP contribution is 2.65. The van der Waals surface area contributed by atoms with Crippen LogP contribution in [0.15, 0.2) is 70.2 Å². The van der Waals surface area contributed by atoms with E-state index >= 15 is 0 Å². The van der Waals surface area contributed by atoms with Crippen LogP contribution in [0.25, 0.3) is 0 Å². The molecule has 0 radical (unpaired) electrons. The van der Waals surface area contributed by atoms with E-state index in [0.717, 1.165) is 24.0 Å². The summed E-state index contributed by atoms with van der Waals surface area (Å²) in [5.74, 6) is -0.923. The van der Waals surface area contributed by atoms with E-state index in [0.29, 0.717) is 25.3 Å². The fourth-order valence-corrected chi connectivity index (χ4v) is 8.40. The van der Waals surface area contributed by atoms with E-state index in [2.05, 4.69) is 42.0 Å². The van der Waals surface area contributed by atoms with E-state index < -0.39 is 15.8 Å². The van der Waals surface area contributed by atoms with Crippen molar-refractivity contribution < 1.29 is 27.4 Å². The fraction of sp³-hybridized carbons (Fsp3) is 0.533. The minimum atomic E-state index is -3.86. The zero-order valence-corrected chi connectivity index (χ0v) is 23.7. The molecule has 1 spiro atoms. The lowest BCUT2D eigenvalue weighted by atomic mass is 9.48. The molecule has 0 amide bonds. The number of hydrogen-bond donors (Lipinski definition) is 1. The third-order valence-corrected chi connectivity index (χ3v) is 10.9. The number of sulfonamides is 1. The largest absolute Gasteiger partial charge is 0.458 e. The van der Waals surface area contributed by atoms with E-state index in [1.807, 2.05) is 19.1 Å². The molecule has 0 bridgehead atoms. The number of fused-ring (bicyclic) bond motifs is 6. The number of carbonyl (C=O) groups excluding carboxylic acids is 1. The summed E-state index contributed by atoms with van der Waals surface area (Å²) in [6.07, 6.45) is 12.5. The molecule has 1 N–H and O–H groups in total. The third-order valence-electron chi connectivity index (χ3n) is 9.71. The van der Waals surface area contributed by atoms with Gasteiger partial charge in [-0.05, 0) is 62.0 Å². The van der Waals surface area contributed by atoms with Crippen LogP contribution in [0.2, 0.25) is 0 Å². The summed E-state index contributed by atoms with van der Waals surface area (Å²) in [5, 5.41) is 4.61. The molecule has 4 unspecified atom stereocenters. The predicted octanol–water partition coefficient (Wildman–Crippen LogP) is 4.43. The standard InChI is InChI=1S/C30H36N2O6S/c1-19-5-7-23(8-6-19)39(34,35)32-31-26-18-21-17-22(38-20(2)33)9-12-28(21,3)24-10-13-29(4)25(27(24)26)11-14-30(29)36-15-16-37-30/h5-9,11-12,14,18,22,24-25,27,32H,10,13,15-17H2,1-4H3/b31-26+/t22?,24?,25?,27?,28-,29-/m0/s1. The van der Waals surface area contributed by atoms with Gasteiger partial charge in [-0.15, -0.1) is 0 Å². The number of esters is 1. The number of allylic oxidation sites excluding steroid dienone is 3. The number of rotatable bonds is 4. The van der Waals surface area contributed by atoms with Crippen molar-refractivity contribution in [2.24, 2.45) is 33.7 Å². The first kappa shape index (κ1) is 26.5. The van der Waals surface area contributed by atoms with Crippen LogP contribution in [0.4, 0.5) is 0 Å². The summed E-state index contributed by atoms with van der Waals surface area (Å²) < 4.78 is 44.4. The molecule has 1 aromatic rings. The minimum absolute atomic E-state index is 0.0474. The van der Waals surface area contributed by atoms with Crippen molar-refractivity contribution in [2.45, 2.75) is 63.7 Å². The molecule has 9 heteroatoms. The van der Waals surface area contributed by atoms with Crippen LogP contribution in [0.1, 0.15) is 45.6 Å². The lowest BCUT2D eigenvalue weighted by Gasteiger charge is -2.57. The highest BCUT2D eigenvalue weighted by atomic mass is 32.2. The Kier molecular flexibility index (Phi) is 6.21. The van der Waals surface area contributed by atoms with Gasteiger partial charge in [0.15, 0.2) is 5.79 Å². The number of hydrazone groups is 1. The zero-order chi connectivity index (χ0) is 27.6. The normalized spacial score (nSPS) is 37.2. The Hall–Kier alpha value is -2.75. The van der Waals surface area contributed by atoms with Crippen molar-refractivity contribution in [3.8, 4) is 0 Å². The van der Waals surface area contributed by atoms with Gasteiger partial charge in [0, 0.05) is 30.1 Å². The van der Waals surface area contributed by atoms with E-state index in [9.17, 15) is 13.2 Å². The van der Waals surface area contributed by atoms with Crippen LogP contribution in [-0.4, -0.2) is 45.2 Å². The van der Waals surface area contributed by atoms with Gasteiger partial charge < -0.3 is 14.2 Å². The molecule has 5 aliphatic rings. The highest BCUT2D eigenvalue weighted by Gasteiger charge is 2.65. The van der Waals surface area contributed by atoms with Gasteiger partial charge in [0.2, 0.25) is 0 Å². The van der Waals surface area contributed by atoms with Gasteiger partial charge in [0.25, 0.3) is 10.0 Å². The van der Waals surface area contributed by atoms with E-state index in [1.54, 1.807) is 24.3 Å². The van der Waals surface area contributed by atoms with E-state index in [1.165, 1.54) is 6.92 Å². The molecule has 0 aromatic heterocycles. The summed E-state index contributed by atoms with van der Waals surface area (Å²) >= 11 is 0. The molecule has 1 saturated carbocycles. The molecule has 4 aliphatic carbocycles. The molecule has 1 aliphatic heterocycles.